The van der Waals surface area contributed by atoms with Crippen LogP contribution in [0.3, 0.4) is 0 Å². The van der Waals surface area contributed by atoms with Gasteiger partial charge in [-0.1, -0.05) is 0 Å². The molecule has 0 aromatic heterocycles. The monoisotopic (exact) mass is 280 g/mol. The second-order valence-corrected chi connectivity index (χ2v) is 4.96. The minimum absolute atomic E-state index is 0.0614. The van der Waals surface area contributed by atoms with E-state index in [9.17, 15) is 10.1 Å². The Morgan fingerprint density at radius 1 is 1.40 bits per heavy atom. The molecule has 0 bridgehead atoms. The minimum atomic E-state index is -0.407. The molecular formula is C14H20N2O4. The van der Waals surface area contributed by atoms with Crippen LogP contribution in [0.4, 0.5) is 5.69 Å². The first-order valence-corrected chi connectivity index (χ1v) is 6.80. The zero-order valence-corrected chi connectivity index (χ0v) is 11.6. The number of piperidine rings is 1. The van der Waals surface area contributed by atoms with Gasteiger partial charge in [0.2, 0.25) is 0 Å². The minimum Gasteiger partial charge on any atom is -0.496 e. The Bertz CT molecular complexity index is 458. The van der Waals surface area contributed by atoms with Crippen LogP contribution in [-0.4, -0.2) is 31.7 Å². The molecule has 2 rings (SSSR count). The molecule has 1 N–H and O–H groups in total. The van der Waals surface area contributed by atoms with E-state index >= 15 is 0 Å². The molecule has 110 valence electrons. The van der Waals surface area contributed by atoms with Gasteiger partial charge < -0.3 is 14.8 Å². The lowest BCUT2D eigenvalue weighted by Crippen LogP contribution is -2.29. The van der Waals surface area contributed by atoms with Gasteiger partial charge in [0, 0.05) is 24.3 Å². The van der Waals surface area contributed by atoms with Crippen molar-refractivity contribution < 1.29 is 14.4 Å². The first-order valence-electron chi connectivity index (χ1n) is 6.80. The van der Waals surface area contributed by atoms with Crippen molar-refractivity contribution in [3.8, 4) is 5.75 Å². The van der Waals surface area contributed by atoms with Gasteiger partial charge in [0.25, 0.3) is 5.69 Å². The zero-order valence-electron chi connectivity index (χ0n) is 11.6. The van der Waals surface area contributed by atoms with Crippen molar-refractivity contribution in [2.75, 3.05) is 26.8 Å². The molecule has 1 fully saturated rings. The van der Waals surface area contributed by atoms with Crippen LogP contribution in [-0.2, 0) is 11.3 Å². The van der Waals surface area contributed by atoms with Crippen LogP contribution in [0.25, 0.3) is 0 Å². The highest BCUT2D eigenvalue weighted by molar-refractivity contribution is 5.43. The predicted octanol–water partition coefficient (Wildman–Crippen LogP) is 2.12. The zero-order chi connectivity index (χ0) is 14.4. The normalized spacial score (nSPS) is 16.1. The highest BCUT2D eigenvalue weighted by atomic mass is 16.6. The molecule has 20 heavy (non-hydrogen) atoms. The molecule has 0 atom stereocenters. The Labute approximate surface area is 118 Å². The number of nitrogens with one attached hydrogen (secondary N) is 1. The van der Waals surface area contributed by atoms with Crippen LogP contribution in [0, 0.1) is 16.0 Å². The van der Waals surface area contributed by atoms with Gasteiger partial charge in [0.15, 0.2) is 0 Å². The maximum atomic E-state index is 10.8. The third-order valence-electron chi connectivity index (χ3n) is 3.54. The van der Waals surface area contributed by atoms with Crippen LogP contribution in [0.5, 0.6) is 5.75 Å². The van der Waals surface area contributed by atoms with E-state index in [0.717, 1.165) is 31.5 Å². The van der Waals surface area contributed by atoms with Crippen LogP contribution in [0.15, 0.2) is 18.2 Å². The van der Waals surface area contributed by atoms with Gasteiger partial charge in [-0.3, -0.25) is 10.1 Å². The molecule has 1 aliphatic heterocycles. The van der Waals surface area contributed by atoms with E-state index in [4.69, 9.17) is 9.47 Å². The highest BCUT2D eigenvalue weighted by Gasteiger charge is 2.15. The summed E-state index contributed by atoms with van der Waals surface area (Å²) in [7, 11) is 1.55. The Morgan fingerprint density at radius 3 is 2.80 bits per heavy atom. The van der Waals surface area contributed by atoms with E-state index in [-0.39, 0.29) is 5.69 Å². The molecule has 6 heteroatoms. The molecule has 1 aromatic carbocycles. The van der Waals surface area contributed by atoms with Crippen LogP contribution in [0.1, 0.15) is 18.4 Å². The van der Waals surface area contributed by atoms with E-state index in [1.54, 1.807) is 13.2 Å². The van der Waals surface area contributed by atoms with Crippen molar-refractivity contribution in [3.63, 3.8) is 0 Å². The average molecular weight is 280 g/mol. The highest BCUT2D eigenvalue weighted by Crippen LogP contribution is 2.25. The summed E-state index contributed by atoms with van der Waals surface area (Å²) in [5, 5.41) is 14.1. The molecule has 0 spiro atoms. The van der Waals surface area contributed by atoms with Crippen molar-refractivity contribution in [2.45, 2.75) is 19.4 Å². The third kappa shape index (κ3) is 3.91. The Balaban J connectivity index is 1.93. The van der Waals surface area contributed by atoms with E-state index in [1.165, 1.54) is 12.1 Å². The maximum Gasteiger partial charge on any atom is 0.270 e. The Morgan fingerprint density at radius 2 is 2.15 bits per heavy atom. The lowest BCUT2D eigenvalue weighted by atomic mass is 9.99. The molecule has 1 aromatic rings. The van der Waals surface area contributed by atoms with E-state index in [1.807, 2.05) is 0 Å². The van der Waals surface area contributed by atoms with Crippen LogP contribution in [0.2, 0.25) is 0 Å². The molecule has 1 aliphatic rings. The molecule has 6 nitrogen and oxygen atoms in total. The van der Waals surface area contributed by atoms with Crippen molar-refractivity contribution in [1.82, 2.24) is 5.32 Å². The number of nitro groups is 1. The number of nitrogens with zero attached hydrogens (tertiary/aromatic N) is 1. The predicted molar refractivity (Wildman–Crippen MR) is 74.9 cm³/mol. The van der Waals surface area contributed by atoms with Gasteiger partial charge in [-0.25, -0.2) is 0 Å². The Kier molecular flexibility index (Phi) is 5.31. The van der Waals surface area contributed by atoms with Crippen LogP contribution >= 0.6 is 0 Å². The second kappa shape index (κ2) is 7.21. The molecule has 0 unspecified atom stereocenters. The summed E-state index contributed by atoms with van der Waals surface area (Å²) < 4.78 is 10.9. The molecule has 0 saturated carbocycles. The van der Waals surface area contributed by atoms with Crippen molar-refractivity contribution in [1.29, 1.82) is 0 Å². The third-order valence-corrected chi connectivity index (χ3v) is 3.54. The van der Waals surface area contributed by atoms with Crippen molar-refractivity contribution in [2.24, 2.45) is 5.92 Å². The van der Waals surface area contributed by atoms with Gasteiger partial charge in [-0.2, -0.15) is 0 Å². The van der Waals surface area contributed by atoms with E-state index in [0.29, 0.717) is 24.9 Å². The first kappa shape index (κ1) is 14.7. The SMILES string of the molecule is COc1ccc([N+](=O)[O-])cc1COCC1CCNCC1. The molecule has 0 aliphatic carbocycles. The fraction of sp³-hybridized carbons (Fsp3) is 0.571. The topological polar surface area (TPSA) is 73.6 Å². The summed E-state index contributed by atoms with van der Waals surface area (Å²) >= 11 is 0. The smallest absolute Gasteiger partial charge is 0.270 e. The maximum absolute atomic E-state index is 10.8. The fourth-order valence-electron chi connectivity index (χ4n) is 2.38. The number of benzene rings is 1. The first-order chi connectivity index (χ1) is 9.70. The van der Waals surface area contributed by atoms with Gasteiger partial charge in [0.1, 0.15) is 5.75 Å². The lowest BCUT2D eigenvalue weighted by Gasteiger charge is -2.22. The van der Waals surface area contributed by atoms with E-state index in [2.05, 4.69) is 5.32 Å². The number of hydrogen-bond donors (Lipinski definition) is 1. The molecule has 1 saturated heterocycles. The molecule has 1 heterocycles. The largest absolute Gasteiger partial charge is 0.496 e. The number of nitro benzene ring substituents is 1. The summed E-state index contributed by atoms with van der Waals surface area (Å²) in [6, 6.07) is 4.57. The van der Waals surface area contributed by atoms with Crippen molar-refractivity contribution in [3.05, 3.63) is 33.9 Å². The molecule has 0 amide bonds. The summed E-state index contributed by atoms with van der Waals surface area (Å²) in [6.07, 6.45) is 2.23. The van der Waals surface area contributed by atoms with Gasteiger partial charge in [-0.05, 0) is 37.9 Å². The van der Waals surface area contributed by atoms with Gasteiger partial charge in [0.05, 0.1) is 18.6 Å². The van der Waals surface area contributed by atoms with E-state index < -0.39 is 4.92 Å². The lowest BCUT2D eigenvalue weighted by molar-refractivity contribution is -0.385. The number of non-ortho nitro benzene ring substituents is 1. The standard InChI is InChI=1S/C14H20N2O4/c1-19-14-3-2-13(16(17)18)8-12(14)10-20-9-11-4-6-15-7-5-11/h2-3,8,11,15H,4-7,9-10H2,1H3. The average Bonchev–Trinajstić information content (AvgIpc) is 2.48. The number of hydrogen-bond acceptors (Lipinski definition) is 5. The molecule has 0 radical (unpaired) electrons. The summed E-state index contributed by atoms with van der Waals surface area (Å²) in [4.78, 5) is 10.4. The quantitative estimate of drug-likeness (QED) is 0.638. The van der Waals surface area contributed by atoms with Gasteiger partial charge in [-0.15, -0.1) is 0 Å². The fourth-order valence-corrected chi connectivity index (χ4v) is 2.38. The second-order valence-electron chi connectivity index (χ2n) is 4.96. The summed E-state index contributed by atoms with van der Waals surface area (Å²) in [6.45, 7) is 3.10. The summed E-state index contributed by atoms with van der Waals surface area (Å²) in [5.74, 6) is 1.20. The van der Waals surface area contributed by atoms with Crippen LogP contribution < -0.4 is 10.1 Å². The summed E-state index contributed by atoms with van der Waals surface area (Å²) in [5.41, 5.74) is 0.780. The van der Waals surface area contributed by atoms with Crippen molar-refractivity contribution >= 4 is 5.69 Å². The molecular weight excluding hydrogens is 260 g/mol. The number of ether oxygens (including phenoxy) is 2. The Hall–Kier alpha value is -1.66. The number of methoxy groups -OCH3 is 1. The number of rotatable bonds is 6. The van der Waals surface area contributed by atoms with Gasteiger partial charge >= 0.3 is 0 Å².